The first-order valence-electron chi connectivity index (χ1n) is 16.5. The Morgan fingerprint density at radius 1 is 1.18 bits per heavy atom. The highest BCUT2D eigenvalue weighted by Crippen LogP contribution is 2.45. The molecule has 1 amide bonds. The van der Waals surface area contributed by atoms with Crippen LogP contribution in [0.1, 0.15) is 23.7 Å². The van der Waals surface area contributed by atoms with Crippen LogP contribution in [0.4, 0.5) is 42.4 Å². The molecule has 4 aromatic rings. The van der Waals surface area contributed by atoms with Crippen molar-refractivity contribution in [1.82, 2.24) is 20.1 Å². The summed E-state index contributed by atoms with van der Waals surface area (Å²) in [5.74, 6) is -8.78. The third-order valence-corrected chi connectivity index (χ3v) is 9.55. The lowest BCUT2D eigenvalue weighted by atomic mass is 9.94. The number of nitrogens with zero attached hydrogens (tertiary/aromatic N) is 4. The second-order valence-corrected chi connectivity index (χ2v) is 14.9. The summed E-state index contributed by atoms with van der Waals surface area (Å²) in [7, 11) is -2.34. The fourth-order valence-corrected chi connectivity index (χ4v) is 7.06. The van der Waals surface area contributed by atoms with Crippen molar-refractivity contribution >= 4 is 55.8 Å². The number of hydrogen-bond donors (Lipinski definition) is 5. The molecule has 56 heavy (non-hydrogen) atoms. The van der Waals surface area contributed by atoms with Crippen LogP contribution in [0.2, 0.25) is 5.02 Å². The molecule has 300 valence electrons. The van der Waals surface area contributed by atoms with Gasteiger partial charge in [0.2, 0.25) is 15.9 Å². The van der Waals surface area contributed by atoms with Gasteiger partial charge in [-0.1, -0.05) is 23.7 Å². The summed E-state index contributed by atoms with van der Waals surface area (Å²) in [5.41, 5.74) is 1.94. The zero-order valence-corrected chi connectivity index (χ0v) is 31.1. The van der Waals surface area contributed by atoms with E-state index in [0.717, 1.165) is 24.5 Å². The van der Waals surface area contributed by atoms with Gasteiger partial charge in [0.1, 0.15) is 35.4 Å². The lowest BCUT2D eigenvalue weighted by Gasteiger charge is -2.23. The van der Waals surface area contributed by atoms with E-state index in [-0.39, 0.29) is 64.0 Å². The molecular formula is C35H34ClF7N8O4S. The van der Waals surface area contributed by atoms with E-state index in [9.17, 15) is 40.3 Å². The molecule has 1 fully saturated rings. The van der Waals surface area contributed by atoms with Gasteiger partial charge in [-0.25, -0.2) is 22.2 Å². The molecular weight excluding hydrogens is 797 g/mol. The van der Waals surface area contributed by atoms with Crippen molar-refractivity contribution in [2.45, 2.75) is 31.0 Å². The number of alkyl halides is 5. The first-order chi connectivity index (χ1) is 26.1. The van der Waals surface area contributed by atoms with Crippen molar-refractivity contribution in [3.8, 4) is 11.1 Å². The Labute approximate surface area is 320 Å². The van der Waals surface area contributed by atoms with Gasteiger partial charge in [0.05, 0.1) is 46.4 Å². The summed E-state index contributed by atoms with van der Waals surface area (Å²) < 4.78 is 128. The van der Waals surface area contributed by atoms with E-state index in [0.29, 0.717) is 11.6 Å². The fourth-order valence-electron chi connectivity index (χ4n) is 6.33. The summed E-state index contributed by atoms with van der Waals surface area (Å²) in [5, 5.41) is 19.4. The Morgan fingerprint density at radius 2 is 1.84 bits per heavy atom. The number of aryl methyl sites for hydroxylation is 1. The van der Waals surface area contributed by atoms with Gasteiger partial charge in [0.15, 0.2) is 5.82 Å². The molecule has 0 saturated heterocycles. The fraction of sp³-hybridized carbons (Fsp3) is 0.314. The highest BCUT2D eigenvalue weighted by atomic mass is 35.5. The van der Waals surface area contributed by atoms with Gasteiger partial charge >= 0.3 is 6.18 Å². The summed E-state index contributed by atoms with van der Waals surface area (Å²) in [6.45, 7) is 1.83. The number of sulfonamides is 1. The second-order valence-electron chi connectivity index (χ2n) is 12.8. The molecule has 0 bridgehead atoms. The molecule has 2 aromatic heterocycles. The zero-order valence-electron chi connectivity index (χ0n) is 29.5. The molecule has 5 rings (SSSR count). The van der Waals surface area contributed by atoms with Crippen molar-refractivity contribution in [2.75, 3.05) is 36.0 Å². The maximum atomic E-state index is 15.3. The van der Waals surface area contributed by atoms with E-state index in [1.165, 1.54) is 23.9 Å². The molecule has 2 atom stereocenters. The minimum Gasteiger partial charge on any atom is -0.395 e. The molecule has 21 heteroatoms. The molecule has 2 aromatic carbocycles. The number of amides is 1. The van der Waals surface area contributed by atoms with Gasteiger partial charge in [-0.3, -0.25) is 19.2 Å². The van der Waals surface area contributed by atoms with Gasteiger partial charge in [-0.05, 0) is 48.7 Å². The average Bonchev–Trinajstić information content (AvgIpc) is 3.55. The lowest BCUT2D eigenvalue weighted by Crippen LogP contribution is -2.35. The number of aliphatic hydroxyl groups excluding tert-OH is 1. The van der Waals surface area contributed by atoms with Gasteiger partial charge in [-0.2, -0.15) is 27.1 Å². The van der Waals surface area contributed by atoms with Crippen LogP contribution in [0, 0.1) is 17.6 Å². The molecule has 12 nitrogen and oxygen atoms in total. The second kappa shape index (κ2) is 16.1. The van der Waals surface area contributed by atoms with Crippen LogP contribution in [0.15, 0.2) is 71.4 Å². The molecule has 0 aliphatic heterocycles. The number of aliphatic imine (C=N–C) groups is 1. The van der Waals surface area contributed by atoms with Crippen LogP contribution in [0.25, 0.3) is 22.0 Å². The Kier molecular flexibility index (Phi) is 12.1. The summed E-state index contributed by atoms with van der Waals surface area (Å²) in [6, 6.07) is 7.24. The first kappa shape index (κ1) is 41.9. The average molecular weight is 831 g/mol. The number of aromatic nitrogens is 3. The number of rotatable bonds is 13. The van der Waals surface area contributed by atoms with E-state index in [1.54, 1.807) is 12.1 Å². The minimum atomic E-state index is -5.18. The van der Waals surface area contributed by atoms with Crippen LogP contribution >= 0.6 is 11.6 Å². The Balaban J connectivity index is 1.67. The van der Waals surface area contributed by atoms with Gasteiger partial charge in [0, 0.05) is 36.4 Å². The predicted molar refractivity (Wildman–Crippen MR) is 197 cm³/mol. The minimum absolute atomic E-state index is 0.000810. The van der Waals surface area contributed by atoms with Gasteiger partial charge < -0.3 is 21.5 Å². The molecule has 1 aliphatic carbocycles. The number of nitrogens with one attached hydrogen (secondary N) is 3. The van der Waals surface area contributed by atoms with E-state index in [4.69, 9.17) is 17.3 Å². The van der Waals surface area contributed by atoms with Crippen LogP contribution < -0.4 is 21.1 Å². The standard InChI is InChI=1S/C35H34ClF7N8O4S/c1-4-18-14-23(31(44)35(41,42)43)32(34(18,39)40)46-16-27(53)47-25(13-17-11-19(37)15-20(38)12-17)29-21(6-8-26(48-29)45-9-10-52)22-5-7-24(36)28-30(22)51(2)49-33(28)50-56(3,54)55/h4-8,11-12,15,18,25,52H,1,9-10,13-14,16,44H2,2-3H3,(H,45,48)(H,47,53)(H,49,50)/t18-,25+/m1/s1. The largest absolute Gasteiger partial charge is 0.431 e. The number of fused-ring (bicyclic) bond motifs is 1. The number of allylic oxidation sites excluding steroid dienone is 3. The number of halogens is 8. The molecule has 0 unspecified atom stereocenters. The number of pyridine rings is 1. The van der Waals surface area contributed by atoms with E-state index in [2.05, 4.69) is 37.0 Å². The third kappa shape index (κ3) is 9.08. The Bertz CT molecular complexity index is 2350. The first-order valence-corrected chi connectivity index (χ1v) is 18.8. The van der Waals surface area contributed by atoms with E-state index >= 15 is 8.78 Å². The number of hydrogen-bond acceptors (Lipinski definition) is 9. The summed E-state index contributed by atoms with van der Waals surface area (Å²) >= 11 is 6.53. The monoisotopic (exact) mass is 830 g/mol. The molecule has 0 radical (unpaired) electrons. The maximum Gasteiger partial charge on any atom is 0.431 e. The topological polar surface area (TPSA) is 177 Å². The van der Waals surface area contributed by atoms with Crippen molar-refractivity contribution < 1.29 is 49.1 Å². The van der Waals surface area contributed by atoms with E-state index in [1.807, 2.05) is 0 Å². The Hall–Kier alpha value is -5.21. The van der Waals surface area contributed by atoms with Crippen LogP contribution in [-0.2, 0) is 28.3 Å². The number of carbonyl (C=O) groups is 1. The molecule has 1 aliphatic rings. The van der Waals surface area contributed by atoms with Crippen molar-refractivity contribution in [1.29, 1.82) is 0 Å². The summed E-state index contributed by atoms with van der Waals surface area (Å²) in [4.78, 5) is 21.9. The highest BCUT2D eigenvalue weighted by molar-refractivity contribution is 7.92. The van der Waals surface area contributed by atoms with Crippen molar-refractivity contribution in [3.63, 3.8) is 0 Å². The molecule has 2 heterocycles. The lowest BCUT2D eigenvalue weighted by molar-refractivity contribution is -0.120. The number of benzene rings is 2. The number of aliphatic hydroxyl groups is 1. The number of carbonyl (C=O) groups excluding carboxylic acids is 1. The Morgan fingerprint density at radius 3 is 2.45 bits per heavy atom. The van der Waals surface area contributed by atoms with E-state index < -0.39 is 81.6 Å². The van der Waals surface area contributed by atoms with Crippen LogP contribution in [0.5, 0.6) is 0 Å². The van der Waals surface area contributed by atoms with Crippen LogP contribution in [-0.4, -0.2) is 78.0 Å². The normalized spacial score (nSPS) is 17.9. The van der Waals surface area contributed by atoms with Crippen molar-refractivity contribution in [3.05, 3.63) is 94.3 Å². The van der Waals surface area contributed by atoms with Gasteiger partial charge in [0.25, 0.3) is 5.92 Å². The quantitative estimate of drug-likeness (QED) is 0.0830. The molecule has 0 spiro atoms. The third-order valence-electron chi connectivity index (χ3n) is 8.67. The van der Waals surface area contributed by atoms with Gasteiger partial charge in [-0.15, -0.1) is 6.58 Å². The smallest absolute Gasteiger partial charge is 0.395 e. The SMILES string of the molecule is C=C[C@@H]1CC(=C(N)C(F)(F)F)C(=NCC(=O)N[C@@H](Cc2cc(F)cc(F)c2)c2nc(NCCO)ccc2-c2ccc(Cl)c3c(NS(C)(=O)=O)nn(C)c23)C1(F)F. The summed E-state index contributed by atoms with van der Waals surface area (Å²) in [6.07, 6.45) is -4.74. The molecule has 1 saturated carbocycles. The van der Waals surface area contributed by atoms with Crippen molar-refractivity contribution in [2.24, 2.45) is 23.7 Å². The zero-order chi connectivity index (χ0) is 41.3. The number of nitrogens with two attached hydrogens (primary N) is 1. The highest BCUT2D eigenvalue weighted by Gasteiger charge is 2.54. The maximum absolute atomic E-state index is 15.3. The number of anilines is 2. The molecule has 6 N–H and O–H groups in total. The van der Waals surface area contributed by atoms with Crippen LogP contribution in [0.3, 0.4) is 0 Å². The predicted octanol–water partition coefficient (Wildman–Crippen LogP) is 5.80.